The third-order valence-electron chi connectivity index (χ3n) is 2.32. The van der Waals surface area contributed by atoms with Gasteiger partial charge in [-0.15, -0.1) is 0 Å². The van der Waals surface area contributed by atoms with E-state index in [9.17, 15) is 9.18 Å². The smallest absolute Gasteiger partial charge is 0.256 e. The maximum absolute atomic E-state index is 13.5. The van der Waals surface area contributed by atoms with Gasteiger partial charge in [-0.3, -0.25) is 4.79 Å². The van der Waals surface area contributed by atoms with Crippen LogP contribution in [0.5, 0.6) is 0 Å². The summed E-state index contributed by atoms with van der Waals surface area (Å²) in [5.41, 5.74) is -0.0581. The second kappa shape index (κ2) is 6.21. The molecule has 0 saturated carbocycles. The number of carbonyl (C=O) groups excluding carboxylic acids is 1. The van der Waals surface area contributed by atoms with Crippen LogP contribution in [0.4, 0.5) is 4.39 Å². The molecule has 1 aromatic rings. The van der Waals surface area contributed by atoms with E-state index >= 15 is 0 Å². The molecule has 0 spiro atoms. The molecule has 0 N–H and O–H groups in total. The summed E-state index contributed by atoms with van der Waals surface area (Å²) in [6.07, 6.45) is 0.224. The summed E-state index contributed by atoms with van der Waals surface area (Å²) >= 11 is 5.72. The van der Waals surface area contributed by atoms with Gasteiger partial charge in [0.2, 0.25) is 0 Å². The van der Waals surface area contributed by atoms with Crippen LogP contribution >= 0.6 is 11.6 Å². The SMILES string of the molecule is CCN(CCC#N)C(=O)c1cc(Cl)ccc1F. The van der Waals surface area contributed by atoms with E-state index in [1.165, 1.54) is 17.0 Å². The predicted octanol–water partition coefficient (Wildman–Crippen LogP) is 2.85. The fraction of sp³-hybridized carbons (Fsp3) is 0.333. The lowest BCUT2D eigenvalue weighted by atomic mass is 10.2. The quantitative estimate of drug-likeness (QED) is 0.829. The first kappa shape index (κ1) is 13.5. The molecule has 0 aliphatic rings. The van der Waals surface area contributed by atoms with E-state index in [0.29, 0.717) is 11.6 Å². The van der Waals surface area contributed by atoms with Gasteiger partial charge in [-0.25, -0.2) is 4.39 Å². The minimum absolute atomic E-state index is 0.0581. The second-order valence-corrected chi connectivity index (χ2v) is 3.85. The van der Waals surface area contributed by atoms with Crippen molar-refractivity contribution < 1.29 is 9.18 Å². The molecule has 0 aromatic heterocycles. The molecule has 1 amide bonds. The van der Waals surface area contributed by atoms with Gasteiger partial charge in [0.25, 0.3) is 5.91 Å². The van der Waals surface area contributed by atoms with Crippen molar-refractivity contribution in [2.75, 3.05) is 13.1 Å². The summed E-state index contributed by atoms with van der Waals surface area (Å²) in [7, 11) is 0. The molecule has 0 saturated heterocycles. The number of rotatable bonds is 4. The van der Waals surface area contributed by atoms with Gasteiger partial charge in [-0.05, 0) is 25.1 Å². The highest BCUT2D eigenvalue weighted by atomic mass is 35.5. The minimum Gasteiger partial charge on any atom is -0.338 e. The number of hydrogen-bond acceptors (Lipinski definition) is 2. The Kier molecular flexibility index (Phi) is 4.92. The Morgan fingerprint density at radius 3 is 2.88 bits per heavy atom. The summed E-state index contributed by atoms with van der Waals surface area (Å²) < 4.78 is 13.5. The fourth-order valence-corrected chi connectivity index (χ4v) is 1.59. The van der Waals surface area contributed by atoms with Crippen LogP contribution in [0, 0.1) is 17.1 Å². The van der Waals surface area contributed by atoms with E-state index < -0.39 is 11.7 Å². The van der Waals surface area contributed by atoms with Gasteiger partial charge in [0.1, 0.15) is 5.82 Å². The van der Waals surface area contributed by atoms with E-state index in [0.717, 1.165) is 6.07 Å². The van der Waals surface area contributed by atoms with Gasteiger partial charge in [-0.1, -0.05) is 11.6 Å². The fourth-order valence-electron chi connectivity index (χ4n) is 1.42. The summed E-state index contributed by atoms with van der Waals surface area (Å²) in [6, 6.07) is 5.80. The molecule has 0 fully saturated rings. The van der Waals surface area contributed by atoms with E-state index in [1.807, 2.05) is 6.07 Å². The number of nitriles is 1. The second-order valence-electron chi connectivity index (χ2n) is 3.42. The number of amides is 1. The Morgan fingerprint density at radius 2 is 2.29 bits per heavy atom. The van der Waals surface area contributed by atoms with Crippen molar-refractivity contribution in [2.24, 2.45) is 0 Å². The first-order valence-electron chi connectivity index (χ1n) is 5.21. The van der Waals surface area contributed by atoms with Crippen LogP contribution in [0.3, 0.4) is 0 Å². The van der Waals surface area contributed by atoms with Crippen molar-refractivity contribution >= 4 is 17.5 Å². The molecule has 0 radical (unpaired) electrons. The minimum atomic E-state index is -0.602. The molecular weight excluding hydrogens is 243 g/mol. The monoisotopic (exact) mass is 254 g/mol. The van der Waals surface area contributed by atoms with Crippen molar-refractivity contribution in [1.82, 2.24) is 4.90 Å². The van der Waals surface area contributed by atoms with Crippen molar-refractivity contribution in [3.63, 3.8) is 0 Å². The highest BCUT2D eigenvalue weighted by molar-refractivity contribution is 6.30. The Morgan fingerprint density at radius 1 is 1.59 bits per heavy atom. The lowest BCUT2D eigenvalue weighted by molar-refractivity contribution is 0.0763. The molecule has 0 aliphatic carbocycles. The van der Waals surface area contributed by atoms with Crippen LogP contribution in [0.2, 0.25) is 5.02 Å². The molecule has 0 heterocycles. The number of carbonyl (C=O) groups is 1. The maximum Gasteiger partial charge on any atom is 0.256 e. The Bertz CT molecular complexity index is 456. The number of benzene rings is 1. The molecule has 0 bridgehead atoms. The van der Waals surface area contributed by atoms with Crippen LogP contribution in [0.15, 0.2) is 18.2 Å². The van der Waals surface area contributed by atoms with Gasteiger partial charge in [0.15, 0.2) is 0 Å². The molecular formula is C12H12ClFN2O. The highest BCUT2D eigenvalue weighted by Gasteiger charge is 2.17. The summed E-state index contributed by atoms with van der Waals surface area (Å²) in [4.78, 5) is 13.4. The zero-order chi connectivity index (χ0) is 12.8. The normalized spacial score (nSPS) is 9.76. The zero-order valence-electron chi connectivity index (χ0n) is 9.41. The van der Waals surface area contributed by atoms with Crippen LogP contribution in [-0.4, -0.2) is 23.9 Å². The standard InChI is InChI=1S/C12H12ClFN2O/c1-2-16(7-3-6-15)12(17)10-8-9(13)4-5-11(10)14/h4-5,8H,2-3,7H2,1H3. The number of halogens is 2. The molecule has 5 heteroatoms. The van der Waals surface area contributed by atoms with Crippen molar-refractivity contribution in [3.05, 3.63) is 34.6 Å². The Labute approximate surface area is 104 Å². The lowest BCUT2D eigenvalue weighted by Crippen LogP contribution is -2.32. The average Bonchev–Trinajstić information content (AvgIpc) is 2.33. The summed E-state index contributed by atoms with van der Waals surface area (Å²) in [6.45, 7) is 2.49. The summed E-state index contributed by atoms with van der Waals surface area (Å²) in [5.74, 6) is -1.04. The van der Waals surface area contributed by atoms with Gasteiger partial charge >= 0.3 is 0 Å². The number of nitrogens with zero attached hydrogens (tertiary/aromatic N) is 2. The molecule has 0 atom stereocenters. The van der Waals surface area contributed by atoms with E-state index in [1.54, 1.807) is 6.92 Å². The van der Waals surface area contributed by atoms with Crippen molar-refractivity contribution in [1.29, 1.82) is 5.26 Å². The molecule has 0 unspecified atom stereocenters. The van der Waals surface area contributed by atoms with Gasteiger partial charge < -0.3 is 4.90 Å². The maximum atomic E-state index is 13.5. The highest BCUT2D eigenvalue weighted by Crippen LogP contribution is 2.16. The number of hydrogen-bond donors (Lipinski definition) is 0. The van der Waals surface area contributed by atoms with Gasteiger partial charge in [-0.2, -0.15) is 5.26 Å². The Balaban J connectivity index is 2.94. The van der Waals surface area contributed by atoms with Gasteiger partial charge in [0, 0.05) is 18.1 Å². The molecule has 3 nitrogen and oxygen atoms in total. The summed E-state index contributed by atoms with van der Waals surface area (Å²) in [5, 5.41) is 8.79. The van der Waals surface area contributed by atoms with Crippen LogP contribution in [0.25, 0.3) is 0 Å². The Hall–Kier alpha value is -1.60. The topological polar surface area (TPSA) is 44.1 Å². The third kappa shape index (κ3) is 3.43. The van der Waals surface area contributed by atoms with Crippen molar-refractivity contribution in [2.45, 2.75) is 13.3 Å². The molecule has 1 rings (SSSR count). The van der Waals surface area contributed by atoms with Crippen LogP contribution < -0.4 is 0 Å². The molecule has 90 valence electrons. The van der Waals surface area contributed by atoms with E-state index in [-0.39, 0.29) is 18.5 Å². The third-order valence-corrected chi connectivity index (χ3v) is 2.56. The average molecular weight is 255 g/mol. The van der Waals surface area contributed by atoms with Gasteiger partial charge in [0.05, 0.1) is 18.1 Å². The largest absolute Gasteiger partial charge is 0.338 e. The van der Waals surface area contributed by atoms with E-state index in [4.69, 9.17) is 16.9 Å². The van der Waals surface area contributed by atoms with Crippen LogP contribution in [0.1, 0.15) is 23.7 Å². The zero-order valence-corrected chi connectivity index (χ0v) is 10.2. The molecule has 1 aromatic carbocycles. The lowest BCUT2D eigenvalue weighted by Gasteiger charge is -2.19. The predicted molar refractivity (Wildman–Crippen MR) is 63.2 cm³/mol. The van der Waals surface area contributed by atoms with Crippen molar-refractivity contribution in [3.8, 4) is 6.07 Å². The van der Waals surface area contributed by atoms with E-state index in [2.05, 4.69) is 0 Å². The van der Waals surface area contributed by atoms with Crippen LogP contribution in [-0.2, 0) is 0 Å². The molecule has 17 heavy (non-hydrogen) atoms. The first-order valence-corrected chi connectivity index (χ1v) is 5.59. The first-order chi connectivity index (χ1) is 8.10. The molecule has 0 aliphatic heterocycles.